The third kappa shape index (κ3) is 4.44. The third-order valence-corrected chi connectivity index (χ3v) is 5.99. The molecule has 3 aromatic carbocycles. The summed E-state index contributed by atoms with van der Waals surface area (Å²) in [5, 5.41) is 7.59. The minimum absolute atomic E-state index is 0.249. The Labute approximate surface area is 208 Å². The van der Waals surface area contributed by atoms with Gasteiger partial charge in [0.05, 0.1) is 16.9 Å². The Bertz CT molecular complexity index is 1390. The highest BCUT2D eigenvalue weighted by Gasteiger charge is 2.51. The van der Waals surface area contributed by atoms with Crippen LogP contribution in [0.25, 0.3) is 16.9 Å². The second-order valence-electron chi connectivity index (χ2n) is 8.28. The minimum atomic E-state index is -1.87. The fraction of sp³-hybridized carbons (Fsp3) is 0.107. The van der Waals surface area contributed by atoms with Crippen LogP contribution in [-0.4, -0.2) is 33.4 Å². The SMILES string of the molecule is NC(=O)C1(C(Cc2ccccc2)NC(=O)c2ccccc2-n2ccc(-c3ccccc3)n2)OC=CO1. The van der Waals surface area contributed by atoms with Crippen LogP contribution in [-0.2, 0) is 20.7 Å². The van der Waals surface area contributed by atoms with Crippen molar-refractivity contribution in [3.05, 3.63) is 121 Å². The molecule has 0 aliphatic carbocycles. The number of nitrogens with zero attached hydrogens (tertiary/aromatic N) is 2. The minimum Gasteiger partial charge on any atom is -0.447 e. The number of carbonyl (C=O) groups is 2. The van der Waals surface area contributed by atoms with Gasteiger partial charge >= 0.3 is 11.7 Å². The van der Waals surface area contributed by atoms with E-state index in [2.05, 4.69) is 10.4 Å². The summed E-state index contributed by atoms with van der Waals surface area (Å²) in [5.41, 5.74) is 9.24. The molecule has 2 amide bonds. The van der Waals surface area contributed by atoms with Crippen LogP contribution in [0.5, 0.6) is 0 Å². The van der Waals surface area contributed by atoms with Crippen LogP contribution < -0.4 is 11.1 Å². The van der Waals surface area contributed by atoms with Gasteiger partial charge in [-0.15, -0.1) is 0 Å². The number of para-hydroxylation sites is 1. The summed E-state index contributed by atoms with van der Waals surface area (Å²) in [6, 6.07) is 27.2. The lowest BCUT2D eigenvalue weighted by molar-refractivity contribution is -0.182. The van der Waals surface area contributed by atoms with Gasteiger partial charge in [-0.05, 0) is 23.8 Å². The van der Waals surface area contributed by atoms with Crippen LogP contribution in [0.4, 0.5) is 0 Å². The van der Waals surface area contributed by atoms with Gasteiger partial charge in [0, 0.05) is 18.2 Å². The van der Waals surface area contributed by atoms with Crippen molar-refractivity contribution in [2.45, 2.75) is 18.2 Å². The second kappa shape index (κ2) is 9.79. The first kappa shape index (κ1) is 22.9. The molecule has 5 rings (SSSR count). The Balaban J connectivity index is 1.46. The smallest absolute Gasteiger partial charge is 0.352 e. The first-order chi connectivity index (χ1) is 17.6. The molecule has 1 aromatic heterocycles. The summed E-state index contributed by atoms with van der Waals surface area (Å²) in [7, 11) is 0. The Morgan fingerprint density at radius 1 is 0.889 bits per heavy atom. The highest BCUT2D eigenvalue weighted by atomic mass is 16.7. The zero-order valence-electron chi connectivity index (χ0n) is 19.3. The summed E-state index contributed by atoms with van der Waals surface area (Å²) in [6.07, 6.45) is 4.54. The van der Waals surface area contributed by atoms with Gasteiger partial charge < -0.3 is 20.5 Å². The number of nitrogens with one attached hydrogen (secondary N) is 1. The molecule has 180 valence electrons. The number of hydrogen-bond acceptors (Lipinski definition) is 5. The van der Waals surface area contributed by atoms with Gasteiger partial charge in [-0.1, -0.05) is 72.8 Å². The summed E-state index contributed by atoms with van der Waals surface area (Å²) < 4.78 is 12.7. The maximum absolute atomic E-state index is 13.6. The molecule has 36 heavy (non-hydrogen) atoms. The monoisotopic (exact) mass is 480 g/mol. The molecule has 1 atom stereocenters. The number of ether oxygens (including phenoxy) is 2. The van der Waals surface area contributed by atoms with Crippen LogP contribution in [0.2, 0.25) is 0 Å². The van der Waals surface area contributed by atoms with Crippen LogP contribution in [0.3, 0.4) is 0 Å². The van der Waals surface area contributed by atoms with E-state index in [9.17, 15) is 9.59 Å². The molecule has 8 heteroatoms. The first-order valence-electron chi connectivity index (χ1n) is 11.4. The lowest BCUT2D eigenvalue weighted by atomic mass is 9.97. The van der Waals surface area contributed by atoms with Crippen molar-refractivity contribution >= 4 is 11.8 Å². The van der Waals surface area contributed by atoms with E-state index < -0.39 is 23.6 Å². The van der Waals surface area contributed by atoms with Crippen molar-refractivity contribution in [2.24, 2.45) is 5.73 Å². The lowest BCUT2D eigenvalue weighted by Crippen LogP contribution is -2.61. The van der Waals surface area contributed by atoms with Crippen molar-refractivity contribution in [1.82, 2.24) is 15.1 Å². The number of aromatic nitrogens is 2. The number of benzene rings is 3. The molecule has 0 bridgehead atoms. The zero-order chi connectivity index (χ0) is 25.0. The molecule has 1 aliphatic rings. The van der Waals surface area contributed by atoms with Gasteiger partial charge in [0.15, 0.2) is 0 Å². The van der Waals surface area contributed by atoms with E-state index in [1.165, 1.54) is 12.5 Å². The van der Waals surface area contributed by atoms with E-state index in [4.69, 9.17) is 15.2 Å². The molecule has 0 saturated heterocycles. The van der Waals surface area contributed by atoms with Crippen LogP contribution in [0, 0.1) is 0 Å². The fourth-order valence-electron chi connectivity index (χ4n) is 4.19. The average molecular weight is 481 g/mol. The Kier molecular flexibility index (Phi) is 6.23. The van der Waals surface area contributed by atoms with Crippen molar-refractivity contribution in [3.63, 3.8) is 0 Å². The predicted octanol–water partition coefficient (Wildman–Crippen LogP) is 3.58. The number of rotatable bonds is 8. The van der Waals surface area contributed by atoms with Crippen molar-refractivity contribution in [3.8, 4) is 16.9 Å². The summed E-state index contributed by atoms with van der Waals surface area (Å²) >= 11 is 0. The standard InChI is InChI=1S/C28H24N4O4/c29-27(34)28(35-17-18-36-28)25(19-20-9-3-1-4-10-20)30-26(33)22-13-7-8-14-24(22)32-16-15-23(31-32)21-11-5-2-6-12-21/h1-18,25H,19H2,(H2,29,34)(H,30,33). The van der Waals surface area contributed by atoms with Crippen LogP contribution in [0.1, 0.15) is 15.9 Å². The Hall–Kier alpha value is -4.85. The van der Waals surface area contributed by atoms with Gasteiger partial charge in [0.2, 0.25) is 0 Å². The van der Waals surface area contributed by atoms with Crippen molar-refractivity contribution < 1.29 is 19.1 Å². The zero-order valence-corrected chi connectivity index (χ0v) is 19.3. The molecular weight excluding hydrogens is 456 g/mol. The highest BCUT2D eigenvalue weighted by molar-refractivity contribution is 5.98. The van der Waals surface area contributed by atoms with Crippen LogP contribution >= 0.6 is 0 Å². The van der Waals surface area contributed by atoms with E-state index in [-0.39, 0.29) is 6.42 Å². The quantitative estimate of drug-likeness (QED) is 0.401. The molecule has 0 saturated carbocycles. The molecule has 2 heterocycles. The molecule has 8 nitrogen and oxygen atoms in total. The van der Waals surface area contributed by atoms with Gasteiger partial charge in [-0.2, -0.15) is 5.10 Å². The lowest BCUT2D eigenvalue weighted by Gasteiger charge is -2.33. The van der Waals surface area contributed by atoms with Gasteiger partial charge in [-0.3, -0.25) is 9.59 Å². The molecule has 3 N–H and O–H groups in total. The van der Waals surface area contributed by atoms with E-state index in [0.29, 0.717) is 11.3 Å². The van der Waals surface area contributed by atoms with Gasteiger partial charge in [0.1, 0.15) is 18.6 Å². The summed E-state index contributed by atoms with van der Waals surface area (Å²) in [5.74, 6) is -3.14. The predicted molar refractivity (Wildman–Crippen MR) is 134 cm³/mol. The number of primary amides is 1. The number of nitrogens with two attached hydrogens (primary N) is 1. The number of hydrogen-bond donors (Lipinski definition) is 2. The Morgan fingerprint density at radius 2 is 1.53 bits per heavy atom. The summed E-state index contributed by atoms with van der Waals surface area (Å²) in [4.78, 5) is 26.1. The van der Waals surface area contributed by atoms with Gasteiger partial charge in [0.25, 0.3) is 5.91 Å². The van der Waals surface area contributed by atoms with E-state index >= 15 is 0 Å². The largest absolute Gasteiger partial charge is 0.447 e. The molecular formula is C28H24N4O4. The first-order valence-corrected chi connectivity index (χ1v) is 11.4. The molecule has 1 aliphatic heterocycles. The second-order valence-corrected chi connectivity index (χ2v) is 8.28. The third-order valence-electron chi connectivity index (χ3n) is 5.99. The van der Waals surface area contributed by atoms with Crippen molar-refractivity contribution in [2.75, 3.05) is 0 Å². The molecule has 4 aromatic rings. The maximum Gasteiger partial charge on any atom is 0.352 e. The van der Waals surface area contributed by atoms with E-state index in [1.54, 1.807) is 29.1 Å². The number of carbonyl (C=O) groups excluding carboxylic acids is 2. The molecule has 0 spiro atoms. The maximum atomic E-state index is 13.6. The van der Waals surface area contributed by atoms with Gasteiger partial charge in [-0.25, -0.2) is 4.68 Å². The van der Waals surface area contributed by atoms with E-state index in [1.807, 2.05) is 72.8 Å². The molecule has 0 fully saturated rings. The number of amides is 2. The van der Waals surface area contributed by atoms with Crippen molar-refractivity contribution in [1.29, 1.82) is 0 Å². The fourth-order valence-corrected chi connectivity index (χ4v) is 4.19. The van der Waals surface area contributed by atoms with E-state index in [0.717, 1.165) is 16.8 Å². The summed E-state index contributed by atoms with van der Waals surface area (Å²) in [6.45, 7) is 0. The topological polar surface area (TPSA) is 108 Å². The molecule has 1 unspecified atom stereocenters. The highest BCUT2D eigenvalue weighted by Crippen LogP contribution is 2.28. The normalized spacial score (nSPS) is 14.4. The Morgan fingerprint density at radius 3 is 2.22 bits per heavy atom. The molecule has 0 radical (unpaired) electrons. The van der Waals surface area contributed by atoms with Crippen LogP contribution in [0.15, 0.2) is 110 Å². The average Bonchev–Trinajstić information content (AvgIpc) is 3.61.